The first-order valence-electron chi connectivity index (χ1n) is 6.90. The van der Waals surface area contributed by atoms with Crippen LogP contribution in [0.1, 0.15) is 23.6 Å². The predicted molar refractivity (Wildman–Crippen MR) is 85.1 cm³/mol. The van der Waals surface area contributed by atoms with Crippen LogP contribution in [0.25, 0.3) is 11.0 Å². The van der Waals surface area contributed by atoms with Crippen molar-refractivity contribution >= 4 is 32.8 Å². The van der Waals surface area contributed by atoms with E-state index in [0.717, 1.165) is 29.7 Å². The summed E-state index contributed by atoms with van der Waals surface area (Å²) in [7, 11) is 1.89. The summed E-state index contributed by atoms with van der Waals surface area (Å²) in [4.78, 5) is 8.67. The smallest absolute Gasteiger partial charge is 0.163 e. The number of rotatable bonds is 2. The molecule has 21 heavy (non-hydrogen) atoms. The summed E-state index contributed by atoms with van der Waals surface area (Å²) in [5.41, 5.74) is 3.59. The molecule has 3 aromatic rings. The molecule has 2 aromatic heterocycles. The fraction of sp³-hybridized carbons (Fsp3) is 0.267. The lowest BCUT2D eigenvalue weighted by molar-refractivity contribution is 0.757. The summed E-state index contributed by atoms with van der Waals surface area (Å²) in [6.45, 7) is 0. The number of benzene rings is 1. The van der Waals surface area contributed by atoms with Crippen molar-refractivity contribution in [1.82, 2.24) is 19.7 Å². The lowest BCUT2D eigenvalue weighted by Crippen LogP contribution is -2.09. The topological polar surface area (TPSA) is 55.6 Å². The van der Waals surface area contributed by atoms with Gasteiger partial charge in [0.25, 0.3) is 0 Å². The van der Waals surface area contributed by atoms with Gasteiger partial charge in [0, 0.05) is 11.5 Å². The number of fused-ring (bicyclic) bond motifs is 2. The number of hydrogen-bond donors (Lipinski definition) is 1. The molecule has 0 bridgehead atoms. The molecule has 0 fully saturated rings. The number of nitrogens with one attached hydrogen (secondary N) is 1. The maximum absolute atomic E-state index is 4.39. The minimum Gasteiger partial charge on any atom is -0.363 e. The third-order valence-electron chi connectivity index (χ3n) is 4.05. The van der Waals surface area contributed by atoms with Crippen molar-refractivity contribution in [2.24, 2.45) is 7.05 Å². The van der Waals surface area contributed by atoms with Crippen LogP contribution in [-0.4, -0.2) is 19.7 Å². The second-order valence-electron chi connectivity index (χ2n) is 5.27. The third kappa shape index (κ3) is 2.01. The number of aromatic nitrogens is 4. The Kier molecular flexibility index (Phi) is 2.92. The van der Waals surface area contributed by atoms with Gasteiger partial charge in [-0.2, -0.15) is 5.10 Å². The summed E-state index contributed by atoms with van der Waals surface area (Å²) >= 11 is 3.64. The minimum absolute atomic E-state index is 0.288. The summed E-state index contributed by atoms with van der Waals surface area (Å²) in [6.07, 6.45) is 5.55. The van der Waals surface area contributed by atoms with Gasteiger partial charge in [0.2, 0.25) is 0 Å². The second kappa shape index (κ2) is 4.80. The summed E-state index contributed by atoms with van der Waals surface area (Å²) in [6, 6.07) is 6.66. The fourth-order valence-electron chi connectivity index (χ4n) is 3.00. The molecule has 0 saturated carbocycles. The zero-order valence-corrected chi connectivity index (χ0v) is 13.1. The van der Waals surface area contributed by atoms with Crippen molar-refractivity contribution in [3.63, 3.8) is 0 Å². The number of hydrogen-bond acceptors (Lipinski definition) is 4. The van der Waals surface area contributed by atoms with Crippen molar-refractivity contribution < 1.29 is 0 Å². The van der Waals surface area contributed by atoms with Gasteiger partial charge in [-0.25, -0.2) is 9.97 Å². The third-order valence-corrected chi connectivity index (χ3v) is 4.80. The van der Waals surface area contributed by atoms with E-state index in [1.165, 1.54) is 15.6 Å². The van der Waals surface area contributed by atoms with Crippen LogP contribution in [0, 0.1) is 0 Å². The van der Waals surface area contributed by atoms with Crippen LogP contribution in [0.15, 0.2) is 35.2 Å². The monoisotopic (exact) mass is 343 g/mol. The average molecular weight is 344 g/mol. The fourth-order valence-corrected chi connectivity index (χ4v) is 3.58. The van der Waals surface area contributed by atoms with Crippen molar-refractivity contribution in [1.29, 1.82) is 0 Å². The summed E-state index contributed by atoms with van der Waals surface area (Å²) < 4.78 is 2.96. The molecule has 0 spiro atoms. The molecule has 106 valence electrons. The van der Waals surface area contributed by atoms with E-state index in [1.807, 2.05) is 13.2 Å². The molecule has 0 saturated heterocycles. The minimum atomic E-state index is 0.288. The first-order valence-corrected chi connectivity index (χ1v) is 7.70. The van der Waals surface area contributed by atoms with Gasteiger partial charge >= 0.3 is 0 Å². The number of halogens is 1. The zero-order chi connectivity index (χ0) is 14.4. The molecule has 1 N–H and O–H groups in total. The Labute approximate surface area is 130 Å². The van der Waals surface area contributed by atoms with E-state index in [4.69, 9.17) is 0 Å². The maximum Gasteiger partial charge on any atom is 0.163 e. The van der Waals surface area contributed by atoms with Crippen molar-refractivity contribution in [2.75, 3.05) is 5.32 Å². The van der Waals surface area contributed by atoms with E-state index in [0.29, 0.717) is 0 Å². The average Bonchev–Trinajstić information content (AvgIpc) is 3.06. The van der Waals surface area contributed by atoms with Crippen LogP contribution in [0.2, 0.25) is 0 Å². The first-order chi connectivity index (χ1) is 10.2. The van der Waals surface area contributed by atoms with Crippen LogP contribution in [0.4, 0.5) is 5.82 Å². The summed E-state index contributed by atoms with van der Waals surface area (Å²) in [5, 5.41) is 8.77. The largest absolute Gasteiger partial charge is 0.363 e. The van der Waals surface area contributed by atoms with Crippen molar-refractivity contribution in [3.8, 4) is 0 Å². The van der Waals surface area contributed by atoms with Crippen LogP contribution in [0.5, 0.6) is 0 Å². The molecular formula is C15H14BrN5. The van der Waals surface area contributed by atoms with E-state index in [2.05, 4.69) is 54.5 Å². The number of aryl methyl sites for hydroxylation is 1. The number of nitrogens with zero attached hydrogens (tertiary/aromatic N) is 4. The van der Waals surface area contributed by atoms with E-state index in [1.54, 1.807) is 11.0 Å². The molecular weight excluding hydrogens is 330 g/mol. The molecule has 1 atom stereocenters. The highest BCUT2D eigenvalue weighted by atomic mass is 79.9. The summed E-state index contributed by atoms with van der Waals surface area (Å²) in [5.74, 6) is 0.853. The van der Waals surface area contributed by atoms with E-state index in [9.17, 15) is 0 Å². The molecule has 1 unspecified atom stereocenters. The lowest BCUT2D eigenvalue weighted by Gasteiger charge is -2.15. The molecule has 0 radical (unpaired) electrons. The van der Waals surface area contributed by atoms with E-state index >= 15 is 0 Å². The molecule has 2 heterocycles. The Hall–Kier alpha value is -1.95. The van der Waals surface area contributed by atoms with Gasteiger partial charge in [-0.15, -0.1) is 0 Å². The molecule has 6 heteroatoms. The van der Waals surface area contributed by atoms with Crippen LogP contribution < -0.4 is 5.32 Å². The van der Waals surface area contributed by atoms with Gasteiger partial charge < -0.3 is 5.32 Å². The Bertz CT molecular complexity index is 826. The van der Waals surface area contributed by atoms with Gasteiger partial charge in [0.15, 0.2) is 5.65 Å². The quantitative estimate of drug-likeness (QED) is 0.776. The molecule has 0 aliphatic heterocycles. The highest BCUT2D eigenvalue weighted by Crippen LogP contribution is 2.38. The normalized spacial score (nSPS) is 17.1. The Morgan fingerprint density at radius 3 is 3.14 bits per heavy atom. The van der Waals surface area contributed by atoms with E-state index in [-0.39, 0.29) is 6.04 Å². The molecule has 0 amide bonds. The number of anilines is 1. The molecule has 1 aromatic carbocycles. The Morgan fingerprint density at radius 2 is 2.24 bits per heavy atom. The van der Waals surface area contributed by atoms with Crippen LogP contribution >= 0.6 is 15.9 Å². The zero-order valence-electron chi connectivity index (χ0n) is 11.5. The van der Waals surface area contributed by atoms with Crippen molar-refractivity contribution in [3.05, 3.63) is 46.3 Å². The predicted octanol–water partition coefficient (Wildman–Crippen LogP) is 3.23. The van der Waals surface area contributed by atoms with Gasteiger partial charge in [0.05, 0.1) is 17.6 Å². The lowest BCUT2D eigenvalue weighted by atomic mass is 10.1. The Morgan fingerprint density at radius 1 is 1.33 bits per heavy atom. The highest BCUT2D eigenvalue weighted by molar-refractivity contribution is 9.10. The van der Waals surface area contributed by atoms with Gasteiger partial charge in [-0.3, -0.25) is 4.68 Å². The highest BCUT2D eigenvalue weighted by Gasteiger charge is 2.24. The molecule has 1 aliphatic carbocycles. The van der Waals surface area contributed by atoms with Crippen LogP contribution in [0.3, 0.4) is 0 Å². The van der Waals surface area contributed by atoms with Crippen molar-refractivity contribution in [2.45, 2.75) is 18.9 Å². The van der Waals surface area contributed by atoms with Gasteiger partial charge in [-0.05, 0) is 30.0 Å². The van der Waals surface area contributed by atoms with E-state index < -0.39 is 0 Å². The molecule has 4 rings (SSSR count). The van der Waals surface area contributed by atoms with Gasteiger partial charge in [-0.1, -0.05) is 28.1 Å². The first kappa shape index (κ1) is 12.8. The SMILES string of the molecule is Cn1ncc2c(NC3CCc4c(Br)cccc43)ncnc21. The standard InChI is InChI=1S/C15H14BrN5/c1-21-15-11(7-19-21)14(17-8-18-15)20-13-6-5-9-10(13)3-2-4-12(9)16/h2-4,7-8,13H,5-6H2,1H3,(H,17,18,20). The Balaban J connectivity index is 1.73. The molecule has 5 nitrogen and oxygen atoms in total. The second-order valence-corrected chi connectivity index (χ2v) is 6.13. The maximum atomic E-state index is 4.39. The van der Waals surface area contributed by atoms with Crippen LogP contribution in [-0.2, 0) is 13.5 Å². The molecule has 1 aliphatic rings. The van der Waals surface area contributed by atoms with Gasteiger partial charge in [0.1, 0.15) is 12.1 Å².